The van der Waals surface area contributed by atoms with Crippen molar-refractivity contribution < 1.29 is 10.0 Å². The van der Waals surface area contributed by atoms with Crippen molar-refractivity contribution in [1.29, 1.82) is 0 Å². The Balaban J connectivity index is 2.58. The summed E-state index contributed by atoms with van der Waals surface area (Å²) in [5, 5.41) is 23.2. The molecule has 2 rings (SSSR count). The van der Waals surface area contributed by atoms with E-state index in [9.17, 15) is 15.2 Å². The van der Waals surface area contributed by atoms with Crippen molar-refractivity contribution in [3.05, 3.63) is 81.9 Å². The van der Waals surface area contributed by atoms with Gasteiger partial charge in [0.2, 0.25) is 0 Å². The summed E-state index contributed by atoms with van der Waals surface area (Å²) in [5.74, 6) is -0.577. The van der Waals surface area contributed by atoms with Crippen LogP contribution in [0.2, 0.25) is 0 Å². The molecule has 0 aliphatic rings. The Kier molecular flexibility index (Phi) is 3.38. The summed E-state index contributed by atoms with van der Waals surface area (Å²) in [5.41, 5.74) is 0.228. The number of rotatable bonds is 3. The van der Waals surface area contributed by atoms with E-state index in [4.69, 9.17) is 0 Å². The van der Waals surface area contributed by atoms with Gasteiger partial charge in [0.05, 0.1) is 10.5 Å². The standard InChI is InChI=1S/C14H11NO3/c16-14(12-9-5-2-6-10-12)13(15(17)18)11-7-3-1-4-8-11/h1-10,16H/p-1/b14-13+. The number of hydrogen-bond donors (Lipinski definition) is 0. The molecule has 18 heavy (non-hydrogen) atoms. The molecule has 90 valence electrons. The normalized spacial score (nSPS) is 11.8. The van der Waals surface area contributed by atoms with Crippen molar-refractivity contribution in [1.82, 2.24) is 0 Å². The maximum atomic E-state index is 12.1. The van der Waals surface area contributed by atoms with E-state index in [1.807, 2.05) is 0 Å². The van der Waals surface area contributed by atoms with Crippen molar-refractivity contribution in [3.63, 3.8) is 0 Å². The van der Waals surface area contributed by atoms with Crippen molar-refractivity contribution in [2.75, 3.05) is 0 Å². The Bertz CT molecular complexity index is 577. The molecule has 0 radical (unpaired) electrons. The van der Waals surface area contributed by atoms with Crippen LogP contribution in [0.3, 0.4) is 0 Å². The summed E-state index contributed by atoms with van der Waals surface area (Å²) in [6.07, 6.45) is 0. The van der Waals surface area contributed by atoms with E-state index in [0.717, 1.165) is 0 Å². The fraction of sp³-hybridized carbons (Fsp3) is 0. The molecule has 0 saturated carbocycles. The van der Waals surface area contributed by atoms with Gasteiger partial charge in [-0.25, -0.2) is 0 Å². The van der Waals surface area contributed by atoms with E-state index >= 15 is 0 Å². The van der Waals surface area contributed by atoms with E-state index in [0.29, 0.717) is 11.1 Å². The van der Waals surface area contributed by atoms with Crippen molar-refractivity contribution in [2.45, 2.75) is 0 Å². The van der Waals surface area contributed by atoms with Crippen LogP contribution in [0.15, 0.2) is 60.7 Å². The highest BCUT2D eigenvalue weighted by atomic mass is 16.6. The smallest absolute Gasteiger partial charge is 0.269 e. The monoisotopic (exact) mass is 240 g/mol. The van der Waals surface area contributed by atoms with E-state index in [1.165, 1.54) is 0 Å². The molecule has 0 spiro atoms. The van der Waals surface area contributed by atoms with Gasteiger partial charge in [0.25, 0.3) is 5.70 Å². The van der Waals surface area contributed by atoms with Crippen molar-refractivity contribution in [2.24, 2.45) is 0 Å². The molecule has 0 bridgehead atoms. The number of nitro groups is 1. The van der Waals surface area contributed by atoms with E-state index in [2.05, 4.69) is 0 Å². The number of hydrogen-bond acceptors (Lipinski definition) is 3. The lowest BCUT2D eigenvalue weighted by molar-refractivity contribution is -0.382. The quantitative estimate of drug-likeness (QED) is 0.357. The predicted molar refractivity (Wildman–Crippen MR) is 66.7 cm³/mol. The average Bonchev–Trinajstić information content (AvgIpc) is 2.40. The summed E-state index contributed by atoms with van der Waals surface area (Å²) < 4.78 is 0. The molecule has 0 fully saturated rings. The first kappa shape index (κ1) is 11.9. The summed E-state index contributed by atoms with van der Waals surface area (Å²) in [7, 11) is 0. The Hall–Kier alpha value is -2.62. The zero-order valence-electron chi connectivity index (χ0n) is 9.45. The van der Waals surface area contributed by atoms with Gasteiger partial charge in [-0.05, 0) is 23.5 Å². The zero-order valence-corrected chi connectivity index (χ0v) is 9.45. The minimum atomic E-state index is -0.634. The van der Waals surface area contributed by atoms with Gasteiger partial charge in [0.15, 0.2) is 0 Å². The highest BCUT2D eigenvalue weighted by Crippen LogP contribution is 2.22. The highest BCUT2D eigenvalue weighted by molar-refractivity contribution is 5.81. The van der Waals surface area contributed by atoms with E-state index < -0.39 is 16.4 Å². The maximum absolute atomic E-state index is 12.1. The SMILES string of the molecule is O=[N+]([O-])/C(=C(/[O-])c1ccccc1)c1ccccc1. The van der Waals surface area contributed by atoms with Gasteiger partial charge < -0.3 is 5.11 Å². The summed E-state index contributed by atoms with van der Waals surface area (Å²) >= 11 is 0. The minimum absolute atomic E-state index is 0.313. The fourth-order valence-corrected chi connectivity index (χ4v) is 1.64. The van der Waals surface area contributed by atoms with Gasteiger partial charge in [-0.2, -0.15) is 0 Å². The summed E-state index contributed by atoms with van der Waals surface area (Å²) in [6.45, 7) is 0. The average molecular weight is 240 g/mol. The molecule has 2 aromatic carbocycles. The molecule has 0 unspecified atom stereocenters. The molecular formula is C14H10NO3-. The minimum Gasteiger partial charge on any atom is -0.867 e. The third-order valence-corrected chi connectivity index (χ3v) is 2.48. The third-order valence-electron chi connectivity index (χ3n) is 2.48. The molecule has 0 aromatic heterocycles. The van der Waals surface area contributed by atoms with Crippen molar-refractivity contribution >= 4 is 11.5 Å². The van der Waals surface area contributed by atoms with E-state index in [-0.39, 0.29) is 0 Å². The van der Waals surface area contributed by atoms with Gasteiger partial charge in [0.1, 0.15) is 0 Å². The van der Waals surface area contributed by atoms with Gasteiger partial charge in [-0.3, -0.25) is 10.1 Å². The lowest BCUT2D eigenvalue weighted by atomic mass is 10.1. The summed E-state index contributed by atoms with van der Waals surface area (Å²) in [4.78, 5) is 10.4. The molecule has 0 heterocycles. The molecule has 2 aromatic rings. The largest absolute Gasteiger partial charge is 0.867 e. The Morgan fingerprint density at radius 1 is 0.833 bits per heavy atom. The van der Waals surface area contributed by atoms with Crippen LogP contribution in [-0.4, -0.2) is 4.92 Å². The molecule has 4 nitrogen and oxygen atoms in total. The van der Waals surface area contributed by atoms with Gasteiger partial charge >= 0.3 is 0 Å². The molecule has 0 amide bonds. The molecule has 0 N–H and O–H groups in total. The van der Waals surface area contributed by atoms with Crippen LogP contribution in [0.1, 0.15) is 11.1 Å². The van der Waals surface area contributed by atoms with Crippen LogP contribution in [0.4, 0.5) is 0 Å². The zero-order chi connectivity index (χ0) is 13.0. The number of benzene rings is 2. The molecule has 0 saturated heterocycles. The molecule has 4 heteroatoms. The van der Waals surface area contributed by atoms with Crippen LogP contribution < -0.4 is 5.11 Å². The first-order valence-electron chi connectivity index (χ1n) is 5.36. The Labute approximate surface area is 104 Å². The molecular weight excluding hydrogens is 230 g/mol. The van der Waals surface area contributed by atoms with Gasteiger partial charge in [0, 0.05) is 0 Å². The molecule has 0 aliphatic carbocycles. The first-order valence-corrected chi connectivity index (χ1v) is 5.36. The topological polar surface area (TPSA) is 66.2 Å². The fourth-order valence-electron chi connectivity index (χ4n) is 1.64. The van der Waals surface area contributed by atoms with Crippen LogP contribution in [-0.2, 0) is 0 Å². The predicted octanol–water partition coefficient (Wildman–Crippen LogP) is 2.15. The second-order valence-corrected chi connectivity index (χ2v) is 3.67. The lowest BCUT2D eigenvalue weighted by Crippen LogP contribution is -2.11. The first-order chi connectivity index (χ1) is 8.70. The van der Waals surface area contributed by atoms with Gasteiger partial charge in [-0.1, -0.05) is 48.5 Å². The summed E-state index contributed by atoms with van der Waals surface area (Å²) in [6, 6.07) is 16.4. The van der Waals surface area contributed by atoms with Crippen LogP contribution >= 0.6 is 0 Å². The molecule has 0 atom stereocenters. The van der Waals surface area contributed by atoms with Gasteiger partial charge in [-0.15, -0.1) is 0 Å². The van der Waals surface area contributed by atoms with Crippen LogP contribution in [0.5, 0.6) is 0 Å². The van der Waals surface area contributed by atoms with Crippen LogP contribution in [0.25, 0.3) is 11.5 Å². The van der Waals surface area contributed by atoms with Crippen molar-refractivity contribution in [3.8, 4) is 0 Å². The van der Waals surface area contributed by atoms with Crippen LogP contribution in [0, 0.1) is 10.1 Å². The van der Waals surface area contributed by atoms with E-state index in [1.54, 1.807) is 60.7 Å². The maximum Gasteiger partial charge on any atom is 0.269 e. The molecule has 0 aliphatic heterocycles. The Morgan fingerprint density at radius 2 is 1.28 bits per heavy atom. The Morgan fingerprint density at radius 3 is 1.72 bits per heavy atom. The number of nitrogens with zero attached hydrogens (tertiary/aromatic N) is 1. The lowest BCUT2D eigenvalue weighted by Gasteiger charge is -2.13. The second kappa shape index (κ2) is 5.14. The second-order valence-electron chi connectivity index (χ2n) is 3.67. The highest BCUT2D eigenvalue weighted by Gasteiger charge is 2.15. The third kappa shape index (κ3) is 2.38.